The molecule has 0 aliphatic rings. The Labute approximate surface area is 128 Å². The molecule has 0 spiro atoms. The number of aliphatic hydroxyl groups is 2. The highest BCUT2D eigenvalue weighted by Crippen LogP contribution is 2.26. The first-order valence-electron chi connectivity index (χ1n) is 6.64. The minimum atomic E-state index is -0.543. The molecule has 20 heavy (non-hydrogen) atoms. The summed E-state index contributed by atoms with van der Waals surface area (Å²) in [4.78, 5) is 0. The summed E-state index contributed by atoms with van der Waals surface area (Å²) in [7, 11) is 0. The lowest BCUT2D eigenvalue weighted by atomic mass is 10.2. The molecule has 5 heteroatoms. The van der Waals surface area contributed by atoms with Crippen molar-refractivity contribution in [1.82, 2.24) is 5.32 Å². The molecule has 0 saturated carbocycles. The van der Waals surface area contributed by atoms with Crippen LogP contribution in [0.5, 0.6) is 5.75 Å². The predicted molar refractivity (Wildman–Crippen MR) is 84.9 cm³/mol. The minimum Gasteiger partial charge on any atom is -0.490 e. The third kappa shape index (κ3) is 6.52. The maximum atomic E-state index is 9.78. The van der Waals surface area contributed by atoms with Gasteiger partial charge in [0, 0.05) is 12.6 Å². The molecule has 0 aliphatic heterocycles. The monoisotopic (exact) mass is 343 g/mol. The molecule has 1 aromatic carbocycles. The fourth-order valence-corrected chi connectivity index (χ4v) is 2.05. The van der Waals surface area contributed by atoms with Crippen LogP contribution in [0.15, 0.2) is 28.7 Å². The van der Waals surface area contributed by atoms with Crippen molar-refractivity contribution in [2.24, 2.45) is 0 Å². The van der Waals surface area contributed by atoms with Crippen LogP contribution in [0.2, 0.25) is 0 Å². The van der Waals surface area contributed by atoms with Crippen molar-refractivity contribution in [2.45, 2.75) is 26.0 Å². The molecular formula is C15H22BrNO3. The Balaban J connectivity index is 2.50. The lowest BCUT2D eigenvalue weighted by molar-refractivity contribution is 0.104. The van der Waals surface area contributed by atoms with Crippen LogP contribution < -0.4 is 10.1 Å². The van der Waals surface area contributed by atoms with Crippen molar-refractivity contribution in [3.63, 3.8) is 0 Å². The van der Waals surface area contributed by atoms with Gasteiger partial charge in [0.15, 0.2) is 0 Å². The molecule has 0 saturated heterocycles. The largest absolute Gasteiger partial charge is 0.490 e. The molecule has 4 nitrogen and oxygen atoms in total. The Hall–Kier alpha value is -0.880. The topological polar surface area (TPSA) is 61.7 Å². The van der Waals surface area contributed by atoms with Crippen molar-refractivity contribution in [1.29, 1.82) is 0 Å². The van der Waals surface area contributed by atoms with Crippen molar-refractivity contribution >= 4 is 22.0 Å². The average molecular weight is 344 g/mol. The summed E-state index contributed by atoms with van der Waals surface area (Å²) in [6.07, 6.45) is 2.96. The molecule has 0 aromatic heterocycles. The fourth-order valence-electron chi connectivity index (χ4n) is 1.54. The summed E-state index contributed by atoms with van der Waals surface area (Å²) in [6.45, 7) is 4.83. The second-order valence-electron chi connectivity index (χ2n) is 4.80. The van der Waals surface area contributed by atoms with Crippen molar-refractivity contribution in [2.75, 3.05) is 19.8 Å². The third-order valence-corrected chi connectivity index (χ3v) is 3.18. The van der Waals surface area contributed by atoms with Gasteiger partial charge in [-0.25, -0.2) is 0 Å². The number of hydrogen-bond donors (Lipinski definition) is 3. The standard InChI is InChI=1S/C15H22BrNO3/c1-11(2)17-9-13(19)10-20-15-6-5-12(4-3-7-18)8-14(15)16/h3-6,8,11,13,17-19H,7,9-10H2,1-2H3/b4-3+. The van der Waals surface area contributed by atoms with E-state index in [0.29, 0.717) is 18.3 Å². The van der Waals surface area contributed by atoms with E-state index in [0.717, 1.165) is 10.0 Å². The van der Waals surface area contributed by atoms with Crippen molar-refractivity contribution in [3.8, 4) is 5.75 Å². The molecule has 1 unspecified atom stereocenters. The Morgan fingerprint density at radius 2 is 2.15 bits per heavy atom. The molecule has 0 aliphatic carbocycles. The van der Waals surface area contributed by atoms with Crippen LogP contribution in [0.3, 0.4) is 0 Å². The summed E-state index contributed by atoms with van der Waals surface area (Å²) in [6, 6.07) is 5.98. The first kappa shape index (κ1) is 17.2. The van der Waals surface area contributed by atoms with Gasteiger partial charge in [0.05, 0.1) is 11.1 Å². The van der Waals surface area contributed by atoms with Gasteiger partial charge in [0.1, 0.15) is 18.5 Å². The molecule has 0 radical (unpaired) electrons. The Bertz CT molecular complexity index is 435. The number of halogens is 1. The number of ether oxygens (including phenoxy) is 1. The lowest BCUT2D eigenvalue weighted by Crippen LogP contribution is -2.35. The third-order valence-electron chi connectivity index (χ3n) is 2.56. The van der Waals surface area contributed by atoms with Crippen molar-refractivity contribution < 1.29 is 14.9 Å². The highest BCUT2D eigenvalue weighted by molar-refractivity contribution is 9.10. The van der Waals surface area contributed by atoms with Gasteiger partial charge in [-0.3, -0.25) is 0 Å². The summed E-state index contributed by atoms with van der Waals surface area (Å²) < 4.78 is 6.40. The van der Waals surface area contributed by atoms with Gasteiger partial charge < -0.3 is 20.3 Å². The fraction of sp³-hybridized carbons (Fsp3) is 0.467. The van der Waals surface area contributed by atoms with Crippen LogP contribution in [0.1, 0.15) is 19.4 Å². The smallest absolute Gasteiger partial charge is 0.133 e. The van der Waals surface area contributed by atoms with Crippen LogP contribution in [0.25, 0.3) is 6.08 Å². The zero-order valence-corrected chi connectivity index (χ0v) is 13.4. The summed E-state index contributed by atoms with van der Waals surface area (Å²) in [5.41, 5.74) is 0.972. The summed E-state index contributed by atoms with van der Waals surface area (Å²) in [5, 5.41) is 21.7. The van der Waals surface area contributed by atoms with E-state index in [1.54, 1.807) is 6.08 Å². The maximum absolute atomic E-state index is 9.78. The molecule has 1 rings (SSSR count). The van der Waals surface area contributed by atoms with Crippen LogP contribution in [-0.2, 0) is 0 Å². The van der Waals surface area contributed by atoms with Gasteiger partial charge in [-0.15, -0.1) is 0 Å². The number of rotatable bonds is 8. The van der Waals surface area contributed by atoms with Gasteiger partial charge in [-0.2, -0.15) is 0 Å². The molecule has 1 atom stereocenters. The molecule has 0 bridgehead atoms. The molecule has 1 aromatic rings. The van der Waals surface area contributed by atoms with E-state index in [2.05, 4.69) is 21.2 Å². The lowest BCUT2D eigenvalue weighted by Gasteiger charge is -2.15. The van der Waals surface area contributed by atoms with Crippen LogP contribution in [0, 0.1) is 0 Å². The van der Waals surface area contributed by atoms with Crippen LogP contribution in [0.4, 0.5) is 0 Å². The zero-order chi connectivity index (χ0) is 15.0. The highest BCUT2D eigenvalue weighted by atomic mass is 79.9. The van der Waals surface area contributed by atoms with E-state index >= 15 is 0 Å². The molecular weight excluding hydrogens is 322 g/mol. The first-order chi connectivity index (χ1) is 9.52. The first-order valence-corrected chi connectivity index (χ1v) is 7.43. The van der Waals surface area contributed by atoms with Gasteiger partial charge >= 0.3 is 0 Å². The normalized spacial score (nSPS) is 13.1. The van der Waals surface area contributed by atoms with E-state index in [9.17, 15) is 5.11 Å². The van der Waals surface area contributed by atoms with Gasteiger partial charge in [0.2, 0.25) is 0 Å². The summed E-state index contributed by atoms with van der Waals surface area (Å²) in [5.74, 6) is 0.690. The number of hydrogen-bond acceptors (Lipinski definition) is 4. The number of benzene rings is 1. The molecule has 0 amide bonds. The zero-order valence-electron chi connectivity index (χ0n) is 11.8. The van der Waals surface area contributed by atoms with E-state index in [-0.39, 0.29) is 13.2 Å². The molecule has 112 valence electrons. The summed E-state index contributed by atoms with van der Waals surface area (Å²) >= 11 is 3.43. The number of aliphatic hydroxyl groups excluding tert-OH is 2. The quantitative estimate of drug-likeness (QED) is 0.677. The molecule has 3 N–H and O–H groups in total. The SMILES string of the molecule is CC(C)NCC(O)COc1ccc(/C=C/CO)cc1Br. The number of nitrogens with one attached hydrogen (secondary N) is 1. The second-order valence-corrected chi connectivity index (χ2v) is 5.66. The minimum absolute atomic E-state index is 0.0188. The van der Waals surface area contributed by atoms with Gasteiger partial charge in [-0.05, 0) is 33.6 Å². The highest BCUT2D eigenvalue weighted by Gasteiger charge is 2.08. The second kappa shape index (κ2) is 9.13. The van der Waals surface area contributed by atoms with E-state index in [4.69, 9.17) is 9.84 Å². The predicted octanol–water partition coefficient (Wildman–Crippen LogP) is 2.19. The maximum Gasteiger partial charge on any atom is 0.133 e. The average Bonchev–Trinajstić information content (AvgIpc) is 2.41. The van der Waals surface area contributed by atoms with E-state index in [1.165, 1.54) is 0 Å². The van der Waals surface area contributed by atoms with Gasteiger partial charge in [-0.1, -0.05) is 32.1 Å². The Morgan fingerprint density at radius 1 is 1.40 bits per heavy atom. The van der Waals surface area contributed by atoms with Crippen LogP contribution in [-0.4, -0.2) is 42.1 Å². The van der Waals surface area contributed by atoms with E-state index in [1.807, 2.05) is 38.1 Å². The Morgan fingerprint density at radius 3 is 2.75 bits per heavy atom. The van der Waals surface area contributed by atoms with Gasteiger partial charge in [0.25, 0.3) is 0 Å². The van der Waals surface area contributed by atoms with Crippen LogP contribution >= 0.6 is 15.9 Å². The molecule has 0 fully saturated rings. The van der Waals surface area contributed by atoms with E-state index < -0.39 is 6.10 Å². The Kier molecular flexibility index (Phi) is 7.84. The van der Waals surface area contributed by atoms with Crippen molar-refractivity contribution in [3.05, 3.63) is 34.3 Å². The molecule has 0 heterocycles.